The molecule has 2 aromatic heterocycles. The molecule has 0 aliphatic heterocycles. The summed E-state index contributed by atoms with van der Waals surface area (Å²) in [5.74, 6) is 0. The molecule has 0 saturated heterocycles. The highest BCUT2D eigenvalue weighted by molar-refractivity contribution is 9.10. The number of aromatic nitrogens is 3. The molecule has 0 aliphatic rings. The molecule has 4 nitrogen and oxygen atoms in total. The molecule has 0 spiro atoms. The molecular weight excluding hydrogens is 324 g/mol. The summed E-state index contributed by atoms with van der Waals surface area (Å²) < 4.78 is 2.71. The molecule has 0 amide bonds. The van der Waals surface area contributed by atoms with Crippen molar-refractivity contribution in [3.05, 3.63) is 52.6 Å². The molecule has 0 atom stereocenters. The normalized spacial score (nSPS) is 10.5. The lowest BCUT2D eigenvalue weighted by molar-refractivity contribution is 0.921. The summed E-state index contributed by atoms with van der Waals surface area (Å²) in [5, 5.41) is 17.9. The van der Waals surface area contributed by atoms with Crippen molar-refractivity contribution in [1.29, 1.82) is 5.26 Å². The van der Waals surface area contributed by atoms with E-state index in [1.807, 2.05) is 40.9 Å². The molecule has 0 saturated carbocycles. The fourth-order valence-corrected chi connectivity index (χ4v) is 3.12. The highest BCUT2D eigenvalue weighted by Gasteiger charge is 2.08. The zero-order chi connectivity index (χ0) is 13.2. The molecule has 0 N–H and O–H groups in total. The van der Waals surface area contributed by atoms with Gasteiger partial charge in [0.2, 0.25) is 0 Å². The second-order valence-electron chi connectivity index (χ2n) is 3.77. The van der Waals surface area contributed by atoms with Gasteiger partial charge in [-0.15, -0.1) is 10.2 Å². The van der Waals surface area contributed by atoms with Crippen molar-refractivity contribution >= 4 is 33.3 Å². The van der Waals surface area contributed by atoms with E-state index in [4.69, 9.17) is 5.26 Å². The number of hydrogen-bond donors (Lipinski definition) is 0. The topological polar surface area (TPSA) is 54.0 Å². The first-order chi connectivity index (χ1) is 9.28. The number of benzene rings is 1. The Kier molecular flexibility index (Phi) is 3.23. The van der Waals surface area contributed by atoms with Crippen LogP contribution >= 0.6 is 27.7 Å². The highest BCUT2D eigenvalue weighted by atomic mass is 79.9. The number of nitriles is 1. The van der Waals surface area contributed by atoms with Crippen LogP contribution in [0.15, 0.2) is 57.1 Å². The summed E-state index contributed by atoms with van der Waals surface area (Å²) in [5.41, 5.74) is 1.44. The van der Waals surface area contributed by atoms with Gasteiger partial charge in [0.25, 0.3) is 0 Å². The zero-order valence-corrected chi connectivity index (χ0v) is 12.0. The van der Waals surface area contributed by atoms with E-state index in [2.05, 4.69) is 32.2 Å². The Balaban J connectivity index is 1.97. The second-order valence-corrected chi connectivity index (χ2v) is 5.66. The lowest BCUT2D eigenvalue weighted by Gasteiger charge is -2.01. The van der Waals surface area contributed by atoms with E-state index in [-0.39, 0.29) is 0 Å². The Morgan fingerprint density at radius 2 is 2.11 bits per heavy atom. The van der Waals surface area contributed by atoms with Crippen LogP contribution in [0.2, 0.25) is 0 Å². The predicted octanol–water partition coefficient (Wildman–Crippen LogP) is 3.51. The van der Waals surface area contributed by atoms with Crippen LogP contribution in [-0.4, -0.2) is 14.6 Å². The summed E-state index contributed by atoms with van der Waals surface area (Å²) in [6, 6.07) is 13.5. The van der Waals surface area contributed by atoms with Gasteiger partial charge < -0.3 is 0 Å². The van der Waals surface area contributed by atoms with Crippen LogP contribution in [0.3, 0.4) is 0 Å². The summed E-state index contributed by atoms with van der Waals surface area (Å²) in [6.07, 6.45) is 1.93. The smallest absolute Gasteiger partial charge is 0.200 e. The molecule has 92 valence electrons. The van der Waals surface area contributed by atoms with Gasteiger partial charge in [-0.1, -0.05) is 6.07 Å². The van der Waals surface area contributed by atoms with Crippen molar-refractivity contribution in [2.45, 2.75) is 10.1 Å². The third-order valence-corrected chi connectivity index (χ3v) is 4.16. The molecular formula is C13H7BrN4S. The molecule has 0 radical (unpaired) electrons. The molecule has 19 heavy (non-hydrogen) atoms. The predicted molar refractivity (Wildman–Crippen MR) is 76.0 cm³/mol. The minimum atomic E-state index is 0.621. The summed E-state index contributed by atoms with van der Waals surface area (Å²) >= 11 is 4.89. The Morgan fingerprint density at radius 1 is 1.21 bits per heavy atom. The Bertz CT molecular complexity index is 791. The number of nitrogens with zero attached hydrogens (tertiary/aromatic N) is 4. The number of pyridine rings is 1. The quantitative estimate of drug-likeness (QED) is 0.721. The number of halogens is 1. The van der Waals surface area contributed by atoms with E-state index in [9.17, 15) is 0 Å². The fraction of sp³-hybridized carbons (Fsp3) is 0. The summed E-state index contributed by atoms with van der Waals surface area (Å²) in [6.45, 7) is 0. The standard InChI is InChI=1S/C13H7BrN4S/c14-11-7-10(5-4-9(11)8-15)19-13-17-16-12-3-1-2-6-18(12)13/h1-7H. The highest BCUT2D eigenvalue weighted by Crippen LogP contribution is 2.29. The Morgan fingerprint density at radius 3 is 2.89 bits per heavy atom. The largest absolute Gasteiger partial charge is 0.277 e. The van der Waals surface area contributed by atoms with Crippen molar-refractivity contribution in [3.63, 3.8) is 0 Å². The third kappa shape index (κ3) is 2.35. The van der Waals surface area contributed by atoms with Gasteiger partial charge in [0.05, 0.1) is 5.56 Å². The number of fused-ring (bicyclic) bond motifs is 1. The van der Waals surface area contributed by atoms with Gasteiger partial charge in [-0.3, -0.25) is 4.40 Å². The molecule has 1 aromatic carbocycles. The molecule has 0 fully saturated rings. The zero-order valence-electron chi connectivity index (χ0n) is 9.62. The molecule has 3 aromatic rings. The van der Waals surface area contributed by atoms with E-state index >= 15 is 0 Å². The fourth-order valence-electron chi connectivity index (χ4n) is 1.64. The second kappa shape index (κ2) is 5.03. The summed E-state index contributed by atoms with van der Waals surface area (Å²) in [7, 11) is 0. The summed E-state index contributed by atoms with van der Waals surface area (Å²) in [4.78, 5) is 1.00. The first-order valence-corrected chi connectivity index (χ1v) is 7.06. The van der Waals surface area contributed by atoms with Crippen molar-refractivity contribution in [3.8, 4) is 6.07 Å². The Labute approximate surface area is 122 Å². The maximum atomic E-state index is 8.89. The van der Waals surface area contributed by atoms with Crippen LogP contribution in [0.25, 0.3) is 5.65 Å². The minimum absolute atomic E-state index is 0.621. The van der Waals surface area contributed by atoms with Crippen LogP contribution in [0.5, 0.6) is 0 Å². The van der Waals surface area contributed by atoms with E-state index in [0.717, 1.165) is 20.2 Å². The van der Waals surface area contributed by atoms with E-state index in [1.165, 1.54) is 11.8 Å². The van der Waals surface area contributed by atoms with Crippen LogP contribution < -0.4 is 0 Å². The van der Waals surface area contributed by atoms with Gasteiger partial charge in [0, 0.05) is 15.6 Å². The molecule has 3 rings (SSSR count). The number of rotatable bonds is 2. The molecule has 2 heterocycles. The van der Waals surface area contributed by atoms with Gasteiger partial charge in [-0.05, 0) is 58.0 Å². The maximum absolute atomic E-state index is 8.89. The average molecular weight is 331 g/mol. The van der Waals surface area contributed by atoms with Crippen molar-refractivity contribution in [1.82, 2.24) is 14.6 Å². The maximum Gasteiger partial charge on any atom is 0.200 e. The van der Waals surface area contributed by atoms with Gasteiger partial charge in [-0.25, -0.2) is 0 Å². The first-order valence-electron chi connectivity index (χ1n) is 5.45. The first kappa shape index (κ1) is 12.2. The molecule has 0 aliphatic carbocycles. The SMILES string of the molecule is N#Cc1ccc(Sc2nnc3ccccn23)cc1Br. The molecule has 0 unspecified atom stereocenters. The lowest BCUT2D eigenvalue weighted by Crippen LogP contribution is -1.86. The van der Waals surface area contributed by atoms with E-state index < -0.39 is 0 Å². The van der Waals surface area contributed by atoms with E-state index in [0.29, 0.717) is 5.56 Å². The van der Waals surface area contributed by atoms with Crippen LogP contribution in [-0.2, 0) is 0 Å². The molecule has 6 heteroatoms. The molecule has 0 bridgehead atoms. The minimum Gasteiger partial charge on any atom is -0.277 e. The van der Waals surface area contributed by atoms with Gasteiger partial charge in [-0.2, -0.15) is 5.26 Å². The average Bonchev–Trinajstić information content (AvgIpc) is 2.83. The van der Waals surface area contributed by atoms with Crippen LogP contribution in [0.1, 0.15) is 5.56 Å². The van der Waals surface area contributed by atoms with Crippen LogP contribution in [0.4, 0.5) is 0 Å². The Hall–Kier alpha value is -1.84. The third-order valence-electron chi connectivity index (χ3n) is 2.55. The van der Waals surface area contributed by atoms with Gasteiger partial charge >= 0.3 is 0 Å². The van der Waals surface area contributed by atoms with Crippen molar-refractivity contribution in [2.75, 3.05) is 0 Å². The lowest BCUT2D eigenvalue weighted by atomic mass is 10.2. The van der Waals surface area contributed by atoms with Crippen molar-refractivity contribution in [2.24, 2.45) is 0 Å². The van der Waals surface area contributed by atoms with Gasteiger partial charge in [0.1, 0.15) is 6.07 Å². The number of hydrogen-bond acceptors (Lipinski definition) is 4. The van der Waals surface area contributed by atoms with E-state index in [1.54, 1.807) is 6.07 Å². The van der Waals surface area contributed by atoms with Crippen LogP contribution in [0, 0.1) is 11.3 Å². The van der Waals surface area contributed by atoms with Gasteiger partial charge in [0.15, 0.2) is 10.8 Å². The van der Waals surface area contributed by atoms with Crippen molar-refractivity contribution < 1.29 is 0 Å². The monoisotopic (exact) mass is 330 g/mol.